The lowest BCUT2D eigenvalue weighted by atomic mass is 10.0. The van der Waals surface area contributed by atoms with Crippen LogP contribution in [0, 0.1) is 0 Å². The number of aromatic nitrogens is 3. The fourth-order valence-electron chi connectivity index (χ4n) is 3.59. The van der Waals surface area contributed by atoms with E-state index in [9.17, 15) is 4.79 Å². The Morgan fingerprint density at radius 2 is 2.00 bits per heavy atom. The molecule has 0 aromatic carbocycles. The summed E-state index contributed by atoms with van der Waals surface area (Å²) in [6, 6.07) is 2.12. The standard InChI is InChI=1S/C19H29N5O2/c1-5-9-24(10-6-2)19-22-15-14(18(25)23-19)7-8-20-16(15)17-13(4)21-12(3)11-26-17/h7-8,12-13,17,21H,5-6,9-11H2,1-4H3,(H,22,23,25)/t12-,13-,17?/m1/s1. The third kappa shape index (κ3) is 3.73. The molecule has 1 unspecified atom stereocenters. The normalized spacial score (nSPS) is 23.3. The van der Waals surface area contributed by atoms with Crippen LogP contribution in [0.3, 0.4) is 0 Å². The van der Waals surface area contributed by atoms with E-state index in [1.165, 1.54) is 0 Å². The number of anilines is 1. The molecule has 1 aliphatic heterocycles. The maximum atomic E-state index is 12.7. The van der Waals surface area contributed by atoms with Crippen LogP contribution < -0.4 is 15.8 Å². The highest BCUT2D eigenvalue weighted by atomic mass is 16.5. The summed E-state index contributed by atoms with van der Waals surface area (Å²) in [6.07, 6.45) is 3.43. The molecule has 2 N–H and O–H groups in total. The third-order valence-corrected chi connectivity index (χ3v) is 4.72. The van der Waals surface area contributed by atoms with Crippen LogP contribution >= 0.6 is 0 Å². The highest BCUT2D eigenvalue weighted by Gasteiger charge is 2.30. The maximum absolute atomic E-state index is 12.7. The highest BCUT2D eigenvalue weighted by Crippen LogP contribution is 2.28. The van der Waals surface area contributed by atoms with Crippen molar-refractivity contribution in [3.8, 4) is 0 Å². The van der Waals surface area contributed by atoms with Gasteiger partial charge in [0.05, 0.1) is 17.7 Å². The lowest BCUT2D eigenvalue weighted by Crippen LogP contribution is -2.47. The first-order valence-electron chi connectivity index (χ1n) is 9.56. The summed E-state index contributed by atoms with van der Waals surface area (Å²) in [5, 5.41) is 4.05. The molecular weight excluding hydrogens is 330 g/mol. The van der Waals surface area contributed by atoms with Crippen molar-refractivity contribution in [2.24, 2.45) is 0 Å². The van der Waals surface area contributed by atoms with Crippen molar-refractivity contribution in [3.63, 3.8) is 0 Å². The molecule has 3 heterocycles. The fourth-order valence-corrected chi connectivity index (χ4v) is 3.59. The highest BCUT2D eigenvalue weighted by molar-refractivity contribution is 5.81. The van der Waals surface area contributed by atoms with Crippen LogP contribution in [0.4, 0.5) is 5.95 Å². The van der Waals surface area contributed by atoms with Gasteiger partial charge in [-0.3, -0.25) is 14.8 Å². The van der Waals surface area contributed by atoms with Gasteiger partial charge in [0.15, 0.2) is 0 Å². The molecule has 1 fully saturated rings. The maximum Gasteiger partial charge on any atom is 0.260 e. The smallest absolute Gasteiger partial charge is 0.260 e. The molecular formula is C19H29N5O2. The van der Waals surface area contributed by atoms with Crippen molar-refractivity contribution in [1.29, 1.82) is 0 Å². The van der Waals surface area contributed by atoms with E-state index in [0.29, 0.717) is 29.5 Å². The van der Waals surface area contributed by atoms with Crippen molar-refractivity contribution in [2.75, 3.05) is 24.6 Å². The lowest BCUT2D eigenvalue weighted by molar-refractivity contribution is -0.0222. The minimum Gasteiger partial charge on any atom is -0.369 e. The summed E-state index contributed by atoms with van der Waals surface area (Å²) >= 11 is 0. The number of hydrogen-bond acceptors (Lipinski definition) is 6. The van der Waals surface area contributed by atoms with Gasteiger partial charge in [-0.05, 0) is 32.8 Å². The summed E-state index contributed by atoms with van der Waals surface area (Å²) in [7, 11) is 0. The SMILES string of the molecule is CCCN(CCC)c1nc2c(C3OC[C@@H](C)N[C@@H]3C)nccc2c(=O)[nH]1. The number of pyridine rings is 1. The summed E-state index contributed by atoms with van der Waals surface area (Å²) in [6.45, 7) is 10.7. The molecule has 7 nitrogen and oxygen atoms in total. The monoisotopic (exact) mass is 359 g/mol. The van der Waals surface area contributed by atoms with E-state index < -0.39 is 0 Å². The topological polar surface area (TPSA) is 83.1 Å². The van der Waals surface area contributed by atoms with Crippen molar-refractivity contribution < 1.29 is 4.74 Å². The van der Waals surface area contributed by atoms with Crippen LogP contribution in [0.5, 0.6) is 0 Å². The third-order valence-electron chi connectivity index (χ3n) is 4.72. The number of nitrogens with zero attached hydrogens (tertiary/aromatic N) is 3. The molecule has 0 bridgehead atoms. The molecule has 3 rings (SSSR count). The lowest BCUT2D eigenvalue weighted by Gasteiger charge is -2.34. The summed E-state index contributed by atoms with van der Waals surface area (Å²) in [5.41, 5.74) is 1.24. The second kappa shape index (κ2) is 8.14. The first-order chi connectivity index (χ1) is 12.5. The average Bonchev–Trinajstić information content (AvgIpc) is 2.61. The zero-order valence-corrected chi connectivity index (χ0v) is 16.1. The Balaban J connectivity index is 2.08. The van der Waals surface area contributed by atoms with Gasteiger partial charge >= 0.3 is 0 Å². The van der Waals surface area contributed by atoms with Crippen LogP contribution in [0.25, 0.3) is 10.9 Å². The predicted octanol–water partition coefficient (Wildman–Crippen LogP) is 2.38. The van der Waals surface area contributed by atoms with Gasteiger partial charge in [-0.15, -0.1) is 0 Å². The second-order valence-corrected chi connectivity index (χ2v) is 7.08. The molecule has 7 heteroatoms. The van der Waals surface area contributed by atoms with E-state index in [1.807, 2.05) is 0 Å². The van der Waals surface area contributed by atoms with Crippen molar-refractivity contribution in [1.82, 2.24) is 20.3 Å². The minimum absolute atomic E-state index is 0.101. The molecule has 1 saturated heterocycles. The number of H-pyrrole nitrogens is 1. The Morgan fingerprint density at radius 3 is 2.65 bits per heavy atom. The van der Waals surface area contributed by atoms with E-state index in [0.717, 1.165) is 31.6 Å². The second-order valence-electron chi connectivity index (χ2n) is 7.08. The van der Waals surface area contributed by atoms with E-state index in [1.54, 1.807) is 12.3 Å². The van der Waals surface area contributed by atoms with Crippen LogP contribution in [0.1, 0.15) is 52.3 Å². The number of fused-ring (bicyclic) bond motifs is 1. The zero-order chi connectivity index (χ0) is 18.7. The van der Waals surface area contributed by atoms with Crippen molar-refractivity contribution >= 4 is 16.9 Å². The number of nitrogens with one attached hydrogen (secondary N) is 2. The van der Waals surface area contributed by atoms with Gasteiger partial charge in [0, 0.05) is 31.4 Å². The molecule has 0 spiro atoms. The summed E-state index contributed by atoms with van der Waals surface area (Å²) in [4.78, 5) is 27.1. The van der Waals surface area contributed by atoms with Gasteiger partial charge in [-0.1, -0.05) is 13.8 Å². The molecule has 2 aromatic heterocycles. The van der Waals surface area contributed by atoms with Crippen LogP contribution in [0.2, 0.25) is 0 Å². The zero-order valence-electron chi connectivity index (χ0n) is 16.1. The van der Waals surface area contributed by atoms with Gasteiger partial charge < -0.3 is 15.0 Å². The Hall–Kier alpha value is -1.99. The average molecular weight is 359 g/mol. The molecule has 0 radical (unpaired) electrons. The number of aromatic amines is 1. The van der Waals surface area contributed by atoms with Crippen LogP contribution in [0.15, 0.2) is 17.1 Å². The van der Waals surface area contributed by atoms with E-state index in [4.69, 9.17) is 9.72 Å². The van der Waals surface area contributed by atoms with E-state index >= 15 is 0 Å². The molecule has 142 valence electrons. The van der Waals surface area contributed by atoms with Gasteiger partial charge in [0.1, 0.15) is 11.6 Å². The molecule has 0 aliphatic carbocycles. The number of ether oxygens (including phenoxy) is 1. The van der Waals surface area contributed by atoms with Crippen LogP contribution in [-0.4, -0.2) is 46.7 Å². The molecule has 26 heavy (non-hydrogen) atoms. The van der Waals surface area contributed by atoms with Gasteiger partial charge in [-0.25, -0.2) is 4.98 Å². The Labute approximate surface area is 154 Å². The molecule has 3 atom stereocenters. The summed E-state index contributed by atoms with van der Waals surface area (Å²) < 4.78 is 6.04. The Kier molecular flexibility index (Phi) is 5.88. The fraction of sp³-hybridized carbons (Fsp3) is 0.632. The Bertz CT molecular complexity index is 800. The molecule has 0 amide bonds. The summed E-state index contributed by atoms with van der Waals surface area (Å²) in [5.74, 6) is 0.616. The van der Waals surface area contributed by atoms with Crippen molar-refractivity contribution in [2.45, 2.75) is 58.7 Å². The first-order valence-corrected chi connectivity index (χ1v) is 9.56. The number of hydrogen-bond donors (Lipinski definition) is 2. The molecule has 0 saturated carbocycles. The van der Waals surface area contributed by atoms with Gasteiger partial charge in [0.2, 0.25) is 5.95 Å². The largest absolute Gasteiger partial charge is 0.369 e. The number of morpholine rings is 1. The van der Waals surface area contributed by atoms with Gasteiger partial charge in [0.25, 0.3) is 5.56 Å². The minimum atomic E-state index is -0.220. The predicted molar refractivity (Wildman–Crippen MR) is 104 cm³/mol. The van der Waals surface area contributed by atoms with Gasteiger partial charge in [-0.2, -0.15) is 0 Å². The Morgan fingerprint density at radius 1 is 1.27 bits per heavy atom. The van der Waals surface area contributed by atoms with E-state index in [2.05, 4.69) is 47.9 Å². The molecule has 1 aliphatic rings. The van der Waals surface area contributed by atoms with Crippen molar-refractivity contribution in [3.05, 3.63) is 28.3 Å². The van der Waals surface area contributed by atoms with Crippen LogP contribution in [-0.2, 0) is 4.74 Å². The molecule has 2 aromatic rings. The van der Waals surface area contributed by atoms with E-state index in [-0.39, 0.29) is 17.7 Å². The first kappa shape index (κ1) is 18.8. The quantitative estimate of drug-likeness (QED) is 0.824. The number of rotatable bonds is 6.